The number of likely N-dealkylation sites (tertiary alicyclic amines) is 1. The Labute approximate surface area is 118 Å². The molecule has 0 unspecified atom stereocenters. The van der Waals surface area contributed by atoms with E-state index in [1.807, 2.05) is 20.8 Å². The highest BCUT2D eigenvalue weighted by atomic mass is 16.6. The Hall–Kier alpha value is -1.82. The van der Waals surface area contributed by atoms with Gasteiger partial charge in [0.05, 0.1) is 26.4 Å². The van der Waals surface area contributed by atoms with Crippen LogP contribution in [-0.2, 0) is 10.3 Å². The summed E-state index contributed by atoms with van der Waals surface area (Å²) in [5.74, 6) is 0.576. The standard InChI is InChI=1S/C14H20N2O4/c1-13(2,3)20-12(17)16-8-14(18,9-16)10-5-11(19-4)7-15-6-10/h5-7,18H,8-9H2,1-4H3. The summed E-state index contributed by atoms with van der Waals surface area (Å²) in [6.45, 7) is 5.81. The van der Waals surface area contributed by atoms with Gasteiger partial charge in [0.1, 0.15) is 17.0 Å². The molecule has 0 spiro atoms. The normalized spacial score (nSPS) is 17.4. The Balaban J connectivity index is 2.01. The molecule has 0 bridgehead atoms. The molecule has 1 aliphatic rings. The fraction of sp³-hybridized carbons (Fsp3) is 0.571. The second-order valence-corrected chi connectivity index (χ2v) is 5.98. The van der Waals surface area contributed by atoms with Crippen LogP contribution in [0.3, 0.4) is 0 Å². The van der Waals surface area contributed by atoms with Gasteiger partial charge in [0.2, 0.25) is 0 Å². The van der Waals surface area contributed by atoms with Crippen molar-refractivity contribution in [2.45, 2.75) is 32.0 Å². The van der Waals surface area contributed by atoms with Crippen molar-refractivity contribution in [1.82, 2.24) is 9.88 Å². The molecule has 0 aromatic carbocycles. The fourth-order valence-electron chi connectivity index (χ4n) is 2.01. The Morgan fingerprint density at radius 2 is 2.05 bits per heavy atom. The molecule has 1 fully saturated rings. The van der Waals surface area contributed by atoms with Crippen LogP contribution in [0, 0.1) is 0 Å². The number of methoxy groups -OCH3 is 1. The number of β-amino-alcohol motifs (C(OH)–C–C–N with tert-alkyl or cyclic N) is 1. The molecule has 0 atom stereocenters. The van der Waals surface area contributed by atoms with Gasteiger partial charge in [0, 0.05) is 11.8 Å². The Kier molecular flexibility index (Phi) is 3.60. The molecule has 1 saturated heterocycles. The summed E-state index contributed by atoms with van der Waals surface area (Å²) in [6, 6.07) is 1.72. The van der Waals surface area contributed by atoms with E-state index >= 15 is 0 Å². The van der Waals surface area contributed by atoms with Crippen molar-refractivity contribution in [3.63, 3.8) is 0 Å². The molecule has 110 valence electrons. The van der Waals surface area contributed by atoms with Crippen LogP contribution >= 0.6 is 0 Å². The second-order valence-electron chi connectivity index (χ2n) is 5.98. The Bertz CT molecular complexity index is 504. The number of pyridine rings is 1. The van der Waals surface area contributed by atoms with Crippen LogP contribution in [0.5, 0.6) is 5.75 Å². The van der Waals surface area contributed by atoms with Crippen molar-refractivity contribution in [2.24, 2.45) is 0 Å². The molecule has 1 N–H and O–H groups in total. The maximum absolute atomic E-state index is 11.8. The number of hydrogen-bond acceptors (Lipinski definition) is 5. The van der Waals surface area contributed by atoms with E-state index in [0.29, 0.717) is 11.3 Å². The van der Waals surface area contributed by atoms with Crippen LogP contribution in [0.1, 0.15) is 26.3 Å². The summed E-state index contributed by atoms with van der Waals surface area (Å²) in [5, 5.41) is 10.5. The van der Waals surface area contributed by atoms with Crippen LogP contribution < -0.4 is 4.74 Å². The smallest absolute Gasteiger partial charge is 0.410 e. The molecule has 2 rings (SSSR count). The maximum Gasteiger partial charge on any atom is 0.410 e. The van der Waals surface area contributed by atoms with Crippen LogP contribution in [-0.4, -0.2) is 46.9 Å². The average molecular weight is 280 g/mol. The SMILES string of the molecule is COc1cncc(C2(O)CN(C(=O)OC(C)(C)C)C2)c1. The highest BCUT2D eigenvalue weighted by Crippen LogP contribution is 2.33. The van der Waals surface area contributed by atoms with Crippen molar-refractivity contribution < 1.29 is 19.4 Å². The van der Waals surface area contributed by atoms with Gasteiger partial charge in [0.15, 0.2) is 0 Å². The van der Waals surface area contributed by atoms with E-state index in [4.69, 9.17) is 9.47 Å². The molecule has 0 radical (unpaired) electrons. The fourth-order valence-corrected chi connectivity index (χ4v) is 2.01. The largest absolute Gasteiger partial charge is 0.495 e. The van der Waals surface area contributed by atoms with Gasteiger partial charge in [-0.15, -0.1) is 0 Å². The lowest BCUT2D eigenvalue weighted by Crippen LogP contribution is -2.61. The van der Waals surface area contributed by atoms with Crippen LogP contribution in [0.2, 0.25) is 0 Å². The van der Waals surface area contributed by atoms with Crippen molar-refractivity contribution in [3.05, 3.63) is 24.0 Å². The van der Waals surface area contributed by atoms with Crippen molar-refractivity contribution >= 4 is 6.09 Å². The second kappa shape index (κ2) is 4.94. The summed E-state index contributed by atoms with van der Waals surface area (Å²) in [7, 11) is 1.54. The maximum atomic E-state index is 11.8. The van der Waals surface area contributed by atoms with E-state index in [-0.39, 0.29) is 13.1 Å². The number of aliphatic hydroxyl groups is 1. The van der Waals surface area contributed by atoms with Crippen molar-refractivity contribution in [3.8, 4) is 5.75 Å². The van der Waals surface area contributed by atoms with Gasteiger partial charge >= 0.3 is 6.09 Å². The van der Waals surface area contributed by atoms with E-state index in [1.54, 1.807) is 25.6 Å². The first kappa shape index (κ1) is 14.6. The molecule has 2 heterocycles. The first-order valence-electron chi connectivity index (χ1n) is 6.43. The number of aromatic nitrogens is 1. The minimum atomic E-state index is -1.08. The molecule has 1 aromatic heterocycles. The predicted molar refractivity (Wildman–Crippen MR) is 72.5 cm³/mol. The lowest BCUT2D eigenvalue weighted by atomic mass is 9.87. The molecule has 1 aromatic rings. The molecule has 6 heteroatoms. The zero-order chi connectivity index (χ0) is 15.0. The first-order valence-corrected chi connectivity index (χ1v) is 6.43. The molecule has 20 heavy (non-hydrogen) atoms. The van der Waals surface area contributed by atoms with Gasteiger partial charge < -0.3 is 19.5 Å². The summed E-state index contributed by atoms with van der Waals surface area (Å²) in [4.78, 5) is 17.3. The summed E-state index contributed by atoms with van der Waals surface area (Å²) in [5.41, 5.74) is -0.988. The summed E-state index contributed by atoms with van der Waals surface area (Å²) >= 11 is 0. The van der Waals surface area contributed by atoms with Gasteiger partial charge in [-0.3, -0.25) is 4.98 Å². The molecular weight excluding hydrogens is 260 g/mol. The highest BCUT2D eigenvalue weighted by molar-refractivity contribution is 5.70. The molecule has 6 nitrogen and oxygen atoms in total. The Morgan fingerprint density at radius 1 is 1.40 bits per heavy atom. The van der Waals surface area contributed by atoms with E-state index in [9.17, 15) is 9.90 Å². The Morgan fingerprint density at radius 3 is 2.60 bits per heavy atom. The average Bonchev–Trinajstić information content (AvgIpc) is 2.33. The number of amides is 1. The van der Waals surface area contributed by atoms with Gasteiger partial charge in [-0.2, -0.15) is 0 Å². The van der Waals surface area contributed by atoms with Gasteiger partial charge in [-0.1, -0.05) is 0 Å². The zero-order valence-electron chi connectivity index (χ0n) is 12.2. The quantitative estimate of drug-likeness (QED) is 0.889. The third kappa shape index (κ3) is 3.01. The number of rotatable bonds is 2. The molecular formula is C14H20N2O4. The first-order chi connectivity index (χ1) is 9.23. The van der Waals surface area contributed by atoms with E-state index in [1.165, 1.54) is 4.90 Å². The number of carbonyl (C=O) groups is 1. The lowest BCUT2D eigenvalue weighted by Gasteiger charge is -2.46. The summed E-state index contributed by atoms with van der Waals surface area (Å²) < 4.78 is 10.3. The van der Waals surface area contributed by atoms with Crippen molar-refractivity contribution in [2.75, 3.05) is 20.2 Å². The number of hydrogen-bond donors (Lipinski definition) is 1. The zero-order valence-corrected chi connectivity index (χ0v) is 12.2. The predicted octanol–water partition coefficient (Wildman–Crippen LogP) is 1.53. The molecule has 0 aliphatic carbocycles. The number of ether oxygens (including phenoxy) is 2. The highest BCUT2D eigenvalue weighted by Gasteiger charge is 2.46. The van der Waals surface area contributed by atoms with Crippen LogP contribution in [0.15, 0.2) is 18.5 Å². The lowest BCUT2D eigenvalue weighted by molar-refractivity contribution is -0.103. The third-order valence-corrected chi connectivity index (χ3v) is 3.04. The van der Waals surface area contributed by atoms with Crippen LogP contribution in [0.25, 0.3) is 0 Å². The minimum Gasteiger partial charge on any atom is -0.495 e. The summed E-state index contributed by atoms with van der Waals surface area (Å²) in [6.07, 6.45) is 2.73. The van der Waals surface area contributed by atoms with Gasteiger partial charge in [-0.05, 0) is 26.8 Å². The number of carbonyl (C=O) groups excluding carboxylic acids is 1. The minimum absolute atomic E-state index is 0.191. The van der Waals surface area contributed by atoms with Crippen molar-refractivity contribution in [1.29, 1.82) is 0 Å². The number of nitrogens with zero attached hydrogens (tertiary/aromatic N) is 2. The third-order valence-electron chi connectivity index (χ3n) is 3.04. The molecule has 1 amide bonds. The molecule has 0 saturated carbocycles. The van der Waals surface area contributed by atoms with Crippen LogP contribution in [0.4, 0.5) is 4.79 Å². The van der Waals surface area contributed by atoms with E-state index in [2.05, 4.69) is 4.98 Å². The van der Waals surface area contributed by atoms with Gasteiger partial charge in [-0.25, -0.2) is 4.79 Å². The monoisotopic (exact) mass is 280 g/mol. The molecule has 1 aliphatic heterocycles. The van der Waals surface area contributed by atoms with E-state index in [0.717, 1.165) is 0 Å². The topological polar surface area (TPSA) is 71.9 Å². The van der Waals surface area contributed by atoms with E-state index < -0.39 is 17.3 Å². The van der Waals surface area contributed by atoms with Gasteiger partial charge in [0.25, 0.3) is 0 Å².